The van der Waals surface area contributed by atoms with E-state index in [0.29, 0.717) is 11.4 Å². The van der Waals surface area contributed by atoms with E-state index in [1.54, 1.807) is 18.4 Å². The van der Waals surface area contributed by atoms with Crippen molar-refractivity contribution in [3.8, 4) is 5.75 Å². The third-order valence-electron chi connectivity index (χ3n) is 3.25. The van der Waals surface area contributed by atoms with Crippen molar-refractivity contribution >= 4 is 44.9 Å². The Balaban J connectivity index is 1.74. The quantitative estimate of drug-likeness (QED) is 0.562. The van der Waals surface area contributed by atoms with Crippen LogP contribution < -0.4 is 10.1 Å². The number of aromatic nitrogens is 2. The van der Waals surface area contributed by atoms with E-state index in [-0.39, 0.29) is 11.2 Å². The van der Waals surface area contributed by atoms with E-state index in [1.165, 1.54) is 18.1 Å². The lowest BCUT2D eigenvalue weighted by Gasteiger charge is -2.14. The minimum atomic E-state index is -0.294. The van der Waals surface area contributed by atoms with Crippen LogP contribution in [-0.4, -0.2) is 28.2 Å². The number of methoxy groups -OCH3 is 1. The van der Waals surface area contributed by atoms with Crippen LogP contribution in [0.1, 0.15) is 6.92 Å². The normalized spacial score (nSPS) is 12.1. The maximum atomic E-state index is 12.4. The summed E-state index contributed by atoms with van der Waals surface area (Å²) in [6, 6.07) is 9.33. The van der Waals surface area contributed by atoms with E-state index >= 15 is 0 Å². The molecule has 2 heterocycles. The minimum Gasteiger partial charge on any atom is -0.495 e. The average molecular weight is 345 g/mol. The zero-order valence-electron chi connectivity index (χ0n) is 12.6. The molecule has 5 nitrogen and oxygen atoms in total. The number of rotatable bonds is 5. The molecule has 0 aliphatic rings. The number of carbonyl (C=O) groups is 1. The Labute approximate surface area is 142 Å². The number of para-hydroxylation sites is 2. The molecule has 0 spiro atoms. The maximum Gasteiger partial charge on any atom is 0.237 e. The summed E-state index contributed by atoms with van der Waals surface area (Å²) in [5.74, 6) is 0.543. The summed E-state index contributed by atoms with van der Waals surface area (Å²) in [4.78, 5) is 21.9. The van der Waals surface area contributed by atoms with Crippen molar-refractivity contribution in [1.82, 2.24) is 9.97 Å². The zero-order valence-corrected chi connectivity index (χ0v) is 14.3. The van der Waals surface area contributed by atoms with Gasteiger partial charge in [0.1, 0.15) is 21.9 Å². The van der Waals surface area contributed by atoms with Gasteiger partial charge in [0.25, 0.3) is 0 Å². The van der Waals surface area contributed by atoms with Crippen LogP contribution in [0.2, 0.25) is 0 Å². The molecule has 0 bridgehead atoms. The van der Waals surface area contributed by atoms with Crippen molar-refractivity contribution in [3.63, 3.8) is 0 Å². The molecule has 7 heteroatoms. The standard InChI is InChI=1S/C16H15N3O2S2/c1-10(14(20)19-12-5-3-4-6-13(12)21-2)23-16-11-7-8-22-15(11)17-9-18-16/h3-10H,1-2H3,(H,19,20). The topological polar surface area (TPSA) is 64.1 Å². The van der Waals surface area contributed by atoms with Gasteiger partial charge in [-0.3, -0.25) is 4.79 Å². The summed E-state index contributed by atoms with van der Waals surface area (Å²) >= 11 is 2.98. The number of thiophene rings is 1. The summed E-state index contributed by atoms with van der Waals surface area (Å²) in [5, 5.41) is 6.38. The highest BCUT2D eigenvalue weighted by atomic mass is 32.2. The Hall–Kier alpha value is -2.12. The molecule has 1 N–H and O–H groups in total. The molecule has 23 heavy (non-hydrogen) atoms. The third kappa shape index (κ3) is 3.46. The van der Waals surface area contributed by atoms with E-state index in [2.05, 4.69) is 15.3 Å². The van der Waals surface area contributed by atoms with Crippen LogP contribution in [-0.2, 0) is 4.79 Å². The molecular formula is C16H15N3O2S2. The molecule has 1 atom stereocenters. The van der Waals surface area contributed by atoms with Gasteiger partial charge in [0, 0.05) is 5.39 Å². The number of nitrogens with zero attached hydrogens (tertiary/aromatic N) is 2. The molecule has 0 saturated heterocycles. The van der Waals surface area contributed by atoms with Crippen LogP contribution in [0.5, 0.6) is 5.75 Å². The summed E-state index contributed by atoms with van der Waals surface area (Å²) in [6.45, 7) is 1.86. The van der Waals surface area contributed by atoms with Crippen LogP contribution in [0.3, 0.4) is 0 Å². The number of thioether (sulfide) groups is 1. The van der Waals surface area contributed by atoms with Gasteiger partial charge in [-0.05, 0) is 30.5 Å². The van der Waals surface area contributed by atoms with Crippen molar-refractivity contribution in [2.45, 2.75) is 17.2 Å². The highest BCUT2D eigenvalue weighted by molar-refractivity contribution is 8.00. The summed E-state index contributed by atoms with van der Waals surface area (Å²) in [6.07, 6.45) is 1.53. The predicted octanol–water partition coefficient (Wildman–Crippen LogP) is 3.82. The van der Waals surface area contributed by atoms with Gasteiger partial charge in [-0.15, -0.1) is 11.3 Å². The summed E-state index contributed by atoms with van der Waals surface area (Å²) in [5.41, 5.74) is 0.663. The molecule has 118 valence electrons. The van der Waals surface area contributed by atoms with Crippen molar-refractivity contribution < 1.29 is 9.53 Å². The van der Waals surface area contributed by atoms with Crippen LogP contribution in [0.15, 0.2) is 47.1 Å². The Morgan fingerprint density at radius 1 is 1.30 bits per heavy atom. The van der Waals surface area contributed by atoms with Crippen molar-refractivity contribution in [3.05, 3.63) is 42.0 Å². The van der Waals surface area contributed by atoms with E-state index in [4.69, 9.17) is 4.74 Å². The fraction of sp³-hybridized carbons (Fsp3) is 0.188. The summed E-state index contributed by atoms with van der Waals surface area (Å²) in [7, 11) is 1.58. The Bertz CT molecular complexity index is 835. The van der Waals surface area contributed by atoms with E-state index in [1.807, 2.05) is 42.6 Å². The molecule has 0 aliphatic carbocycles. The first-order valence-electron chi connectivity index (χ1n) is 6.98. The van der Waals surface area contributed by atoms with Crippen LogP contribution in [0, 0.1) is 0 Å². The summed E-state index contributed by atoms with van der Waals surface area (Å²) < 4.78 is 5.25. The molecule has 1 unspecified atom stereocenters. The van der Waals surface area contributed by atoms with Crippen LogP contribution in [0.25, 0.3) is 10.2 Å². The molecule has 1 aromatic carbocycles. The monoisotopic (exact) mass is 345 g/mol. The number of hydrogen-bond donors (Lipinski definition) is 1. The number of benzene rings is 1. The number of amides is 1. The molecule has 0 saturated carbocycles. The molecular weight excluding hydrogens is 330 g/mol. The van der Waals surface area contributed by atoms with Gasteiger partial charge in [-0.1, -0.05) is 23.9 Å². The maximum absolute atomic E-state index is 12.4. The van der Waals surface area contributed by atoms with Gasteiger partial charge in [0.15, 0.2) is 0 Å². The molecule has 0 fully saturated rings. The molecule has 3 aromatic rings. The number of fused-ring (bicyclic) bond motifs is 1. The van der Waals surface area contributed by atoms with Gasteiger partial charge in [0.05, 0.1) is 18.0 Å². The lowest BCUT2D eigenvalue weighted by atomic mass is 10.3. The van der Waals surface area contributed by atoms with E-state index in [9.17, 15) is 4.79 Å². The first-order chi connectivity index (χ1) is 11.2. The van der Waals surface area contributed by atoms with E-state index < -0.39 is 0 Å². The van der Waals surface area contributed by atoms with Crippen LogP contribution in [0.4, 0.5) is 5.69 Å². The first kappa shape index (κ1) is 15.8. The molecule has 2 aromatic heterocycles. The van der Waals surface area contributed by atoms with E-state index in [0.717, 1.165) is 15.2 Å². The fourth-order valence-electron chi connectivity index (χ4n) is 2.06. The Morgan fingerprint density at radius 3 is 2.96 bits per heavy atom. The molecule has 0 aliphatic heterocycles. The van der Waals surface area contributed by atoms with Gasteiger partial charge in [0.2, 0.25) is 5.91 Å². The van der Waals surface area contributed by atoms with Gasteiger partial charge < -0.3 is 10.1 Å². The number of carbonyl (C=O) groups excluding carboxylic acids is 1. The van der Waals surface area contributed by atoms with Gasteiger partial charge in [-0.25, -0.2) is 9.97 Å². The third-order valence-corrected chi connectivity index (χ3v) is 5.18. The lowest BCUT2D eigenvalue weighted by Crippen LogP contribution is -2.22. The van der Waals surface area contributed by atoms with Gasteiger partial charge in [-0.2, -0.15) is 0 Å². The lowest BCUT2D eigenvalue weighted by molar-refractivity contribution is -0.115. The second-order valence-corrected chi connectivity index (χ2v) is 6.99. The largest absolute Gasteiger partial charge is 0.495 e. The number of nitrogens with one attached hydrogen (secondary N) is 1. The number of anilines is 1. The fourth-order valence-corrected chi connectivity index (χ4v) is 3.76. The average Bonchev–Trinajstić information content (AvgIpc) is 3.05. The zero-order chi connectivity index (χ0) is 16.2. The van der Waals surface area contributed by atoms with Gasteiger partial charge >= 0.3 is 0 Å². The van der Waals surface area contributed by atoms with Crippen molar-refractivity contribution in [1.29, 1.82) is 0 Å². The van der Waals surface area contributed by atoms with Crippen LogP contribution >= 0.6 is 23.1 Å². The Kier molecular flexibility index (Phi) is 4.78. The van der Waals surface area contributed by atoms with Crippen molar-refractivity contribution in [2.75, 3.05) is 12.4 Å². The second kappa shape index (κ2) is 6.97. The SMILES string of the molecule is COc1ccccc1NC(=O)C(C)Sc1ncnc2sccc12. The highest BCUT2D eigenvalue weighted by Crippen LogP contribution is 2.31. The molecule has 0 radical (unpaired) electrons. The molecule has 3 rings (SSSR count). The highest BCUT2D eigenvalue weighted by Gasteiger charge is 2.18. The predicted molar refractivity (Wildman–Crippen MR) is 94.4 cm³/mol. The second-order valence-electron chi connectivity index (χ2n) is 4.77. The Morgan fingerprint density at radius 2 is 2.13 bits per heavy atom. The van der Waals surface area contributed by atoms with Crippen molar-refractivity contribution in [2.24, 2.45) is 0 Å². The first-order valence-corrected chi connectivity index (χ1v) is 8.73. The molecule has 1 amide bonds. The minimum absolute atomic E-state index is 0.0958. The number of ether oxygens (including phenoxy) is 1. The smallest absolute Gasteiger partial charge is 0.237 e. The number of hydrogen-bond acceptors (Lipinski definition) is 6.